The third kappa shape index (κ3) is 5.20. The van der Waals surface area contributed by atoms with Crippen LogP contribution in [-0.2, 0) is 12.8 Å². The molecule has 32 heavy (non-hydrogen) atoms. The van der Waals surface area contributed by atoms with Gasteiger partial charge in [0.1, 0.15) is 17.5 Å². The standard InChI is InChI=1S/C28H28ClF3/c1-2-18-5-9-21(10-6-18)22-11-7-19(8-12-22)3-4-20-15-26(31)28(27(32)16-20)23-13-14-24(29)25(30)17-23/h5-6,9-10,13-17,19,22H,2-4,7-8,11-12H2,1H3/t19-,22-. The monoisotopic (exact) mass is 456 g/mol. The molecule has 0 unspecified atom stereocenters. The molecule has 0 saturated heterocycles. The average Bonchev–Trinajstić information content (AvgIpc) is 2.80. The number of hydrogen-bond donors (Lipinski definition) is 0. The molecule has 1 saturated carbocycles. The van der Waals surface area contributed by atoms with Crippen LogP contribution >= 0.6 is 11.6 Å². The van der Waals surface area contributed by atoms with Crippen molar-refractivity contribution >= 4 is 11.6 Å². The highest BCUT2D eigenvalue weighted by Crippen LogP contribution is 2.38. The maximum atomic E-state index is 14.7. The Morgan fingerprint density at radius 1 is 0.781 bits per heavy atom. The SMILES string of the molecule is CCc1ccc([C@H]2CC[C@H](CCc3cc(F)c(-c4ccc(Cl)c(F)c4)c(F)c3)CC2)cc1. The molecular formula is C28H28ClF3. The van der Waals surface area contributed by atoms with E-state index in [0.717, 1.165) is 31.7 Å². The smallest absolute Gasteiger partial charge is 0.142 e. The third-order valence-electron chi connectivity index (χ3n) is 6.86. The second-order valence-electron chi connectivity index (χ2n) is 8.91. The van der Waals surface area contributed by atoms with E-state index < -0.39 is 17.5 Å². The molecule has 0 aromatic heterocycles. The zero-order valence-electron chi connectivity index (χ0n) is 18.3. The van der Waals surface area contributed by atoms with Gasteiger partial charge in [0.2, 0.25) is 0 Å². The lowest BCUT2D eigenvalue weighted by Gasteiger charge is -2.29. The summed E-state index contributed by atoms with van der Waals surface area (Å²) in [5, 5.41) is -0.0705. The lowest BCUT2D eigenvalue weighted by atomic mass is 9.77. The summed E-state index contributed by atoms with van der Waals surface area (Å²) < 4.78 is 43.1. The van der Waals surface area contributed by atoms with Crippen molar-refractivity contribution in [2.45, 2.75) is 57.8 Å². The first-order valence-corrected chi connectivity index (χ1v) is 11.8. The largest absolute Gasteiger partial charge is 0.206 e. The maximum absolute atomic E-state index is 14.7. The van der Waals surface area contributed by atoms with Gasteiger partial charge in [-0.15, -0.1) is 0 Å². The van der Waals surface area contributed by atoms with E-state index in [1.807, 2.05) is 0 Å². The summed E-state index contributed by atoms with van der Waals surface area (Å²) in [6.07, 6.45) is 7.26. The van der Waals surface area contributed by atoms with E-state index in [1.54, 1.807) is 0 Å². The average molecular weight is 457 g/mol. The fourth-order valence-electron chi connectivity index (χ4n) is 4.88. The quantitative estimate of drug-likeness (QED) is 0.347. The van der Waals surface area contributed by atoms with Crippen LogP contribution in [0.5, 0.6) is 0 Å². The number of hydrogen-bond acceptors (Lipinski definition) is 0. The molecule has 0 aliphatic heterocycles. The van der Waals surface area contributed by atoms with Crippen molar-refractivity contribution in [3.8, 4) is 11.1 Å². The van der Waals surface area contributed by atoms with E-state index in [9.17, 15) is 13.2 Å². The molecule has 3 aromatic rings. The number of aryl methyl sites for hydroxylation is 2. The summed E-state index contributed by atoms with van der Waals surface area (Å²) in [6, 6.07) is 15.6. The zero-order valence-corrected chi connectivity index (χ0v) is 19.1. The van der Waals surface area contributed by atoms with Crippen LogP contribution < -0.4 is 0 Å². The lowest BCUT2D eigenvalue weighted by Crippen LogP contribution is -2.14. The van der Waals surface area contributed by atoms with Gasteiger partial charge in [0, 0.05) is 0 Å². The van der Waals surface area contributed by atoms with E-state index >= 15 is 0 Å². The molecule has 1 fully saturated rings. The first-order valence-electron chi connectivity index (χ1n) is 11.5. The van der Waals surface area contributed by atoms with Gasteiger partial charge < -0.3 is 0 Å². The first kappa shape index (κ1) is 22.9. The van der Waals surface area contributed by atoms with Crippen molar-refractivity contribution in [1.29, 1.82) is 0 Å². The summed E-state index contributed by atoms with van der Waals surface area (Å²) in [6.45, 7) is 2.17. The van der Waals surface area contributed by atoms with E-state index in [0.29, 0.717) is 23.8 Å². The summed E-state index contributed by atoms with van der Waals surface area (Å²) in [5.41, 5.74) is 3.39. The van der Waals surface area contributed by atoms with Gasteiger partial charge in [0.25, 0.3) is 0 Å². The summed E-state index contributed by atoms with van der Waals surface area (Å²) in [4.78, 5) is 0. The number of benzene rings is 3. The fourth-order valence-corrected chi connectivity index (χ4v) is 5.00. The van der Waals surface area contributed by atoms with E-state index in [1.165, 1.54) is 48.2 Å². The molecule has 0 spiro atoms. The van der Waals surface area contributed by atoms with E-state index in [4.69, 9.17) is 11.6 Å². The minimum Gasteiger partial charge on any atom is -0.206 e. The van der Waals surface area contributed by atoms with Crippen LogP contribution in [0.2, 0.25) is 5.02 Å². The van der Waals surface area contributed by atoms with Crippen LogP contribution in [0.4, 0.5) is 13.2 Å². The van der Waals surface area contributed by atoms with Crippen LogP contribution in [0.15, 0.2) is 54.6 Å². The minimum absolute atomic E-state index is 0.0705. The van der Waals surface area contributed by atoms with Crippen molar-refractivity contribution in [2.24, 2.45) is 5.92 Å². The van der Waals surface area contributed by atoms with Crippen LogP contribution in [0.3, 0.4) is 0 Å². The van der Waals surface area contributed by atoms with Crippen LogP contribution in [-0.4, -0.2) is 0 Å². The highest BCUT2D eigenvalue weighted by Gasteiger charge is 2.23. The molecule has 0 nitrogen and oxygen atoms in total. The van der Waals surface area contributed by atoms with Crippen LogP contribution in [0.1, 0.15) is 61.6 Å². The normalized spacial score (nSPS) is 18.7. The maximum Gasteiger partial charge on any atom is 0.142 e. The van der Waals surface area contributed by atoms with Gasteiger partial charge in [0.15, 0.2) is 0 Å². The predicted molar refractivity (Wildman–Crippen MR) is 126 cm³/mol. The highest BCUT2D eigenvalue weighted by atomic mass is 35.5. The fraction of sp³-hybridized carbons (Fsp3) is 0.357. The summed E-state index contributed by atoms with van der Waals surface area (Å²) in [7, 11) is 0. The van der Waals surface area contributed by atoms with Crippen molar-refractivity contribution in [1.82, 2.24) is 0 Å². The van der Waals surface area contributed by atoms with Crippen LogP contribution in [0.25, 0.3) is 11.1 Å². The number of halogens is 4. The van der Waals surface area contributed by atoms with Gasteiger partial charge in [-0.05, 0) is 103 Å². The van der Waals surface area contributed by atoms with Crippen molar-refractivity contribution < 1.29 is 13.2 Å². The Morgan fingerprint density at radius 3 is 2.03 bits per heavy atom. The molecule has 0 amide bonds. The molecule has 168 valence electrons. The molecule has 3 aromatic carbocycles. The highest BCUT2D eigenvalue weighted by molar-refractivity contribution is 6.30. The van der Waals surface area contributed by atoms with Crippen molar-refractivity contribution in [2.75, 3.05) is 0 Å². The first-order chi connectivity index (χ1) is 15.4. The van der Waals surface area contributed by atoms with Crippen LogP contribution in [0, 0.1) is 23.4 Å². The Labute approximate surface area is 193 Å². The predicted octanol–water partition coefficient (Wildman–Crippen LogP) is 8.89. The molecule has 0 radical (unpaired) electrons. The second kappa shape index (κ2) is 10.1. The van der Waals surface area contributed by atoms with E-state index in [-0.39, 0.29) is 16.1 Å². The Balaban J connectivity index is 1.35. The summed E-state index contributed by atoms with van der Waals surface area (Å²) >= 11 is 5.68. The molecule has 0 bridgehead atoms. The molecule has 4 rings (SSSR count). The molecule has 0 N–H and O–H groups in total. The van der Waals surface area contributed by atoms with Gasteiger partial charge in [-0.1, -0.05) is 48.9 Å². The number of rotatable bonds is 6. The topological polar surface area (TPSA) is 0 Å². The minimum atomic E-state index is -0.691. The molecular weight excluding hydrogens is 429 g/mol. The zero-order chi connectivity index (χ0) is 22.7. The van der Waals surface area contributed by atoms with Crippen molar-refractivity contribution in [3.63, 3.8) is 0 Å². The third-order valence-corrected chi connectivity index (χ3v) is 7.16. The Hall–Kier alpha value is -2.26. The molecule has 4 heteroatoms. The van der Waals surface area contributed by atoms with Gasteiger partial charge in [-0.25, -0.2) is 13.2 Å². The van der Waals surface area contributed by atoms with Gasteiger partial charge >= 0.3 is 0 Å². The van der Waals surface area contributed by atoms with Crippen molar-refractivity contribution in [3.05, 3.63) is 93.8 Å². The second-order valence-corrected chi connectivity index (χ2v) is 9.32. The Morgan fingerprint density at radius 2 is 1.44 bits per heavy atom. The molecule has 0 heterocycles. The summed E-state index contributed by atoms with van der Waals surface area (Å²) in [5.74, 6) is -0.825. The molecule has 0 atom stereocenters. The van der Waals surface area contributed by atoms with Gasteiger partial charge in [-0.2, -0.15) is 0 Å². The van der Waals surface area contributed by atoms with Gasteiger partial charge in [-0.3, -0.25) is 0 Å². The molecule has 1 aliphatic carbocycles. The van der Waals surface area contributed by atoms with E-state index in [2.05, 4.69) is 31.2 Å². The molecule has 1 aliphatic rings. The lowest BCUT2D eigenvalue weighted by molar-refractivity contribution is 0.310. The Kier molecular flexibility index (Phi) is 7.25. The Bertz CT molecular complexity index is 1040. The van der Waals surface area contributed by atoms with Gasteiger partial charge in [0.05, 0.1) is 10.6 Å².